The van der Waals surface area contributed by atoms with Crippen molar-refractivity contribution in [2.24, 2.45) is 5.73 Å². The molecule has 0 atom stereocenters. The van der Waals surface area contributed by atoms with Crippen molar-refractivity contribution in [2.75, 3.05) is 30.5 Å². The van der Waals surface area contributed by atoms with E-state index in [1.807, 2.05) is 12.1 Å². The van der Waals surface area contributed by atoms with Crippen LogP contribution in [-0.2, 0) is 9.84 Å². The Morgan fingerprint density at radius 3 is 2.61 bits per heavy atom. The maximum Gasteiger partial charge on any atom is 0.149 e. The minimum Gasteiger partial charge on any atom is -0.384 e. The van der Waals surface area contributed by atoms with Crippen LogP contribution in [0.2, 0.25) is 0 Å². The molecule has 0 unspecified atom stereocenters. The molecule has 5 nitrogen and oxygen atoms in total. The highest BCUT2D eigenvalue weighted by molar-refractivity contribution is 9.10. The number of sulfone groups is 1. The van der Waals surface area contributed by atoms with Gasteiger partial charge in [0.1, 0.15) is 15.7 Å². The first-order chi connectivity index (χ1) is 8.20. The number of nitrogens with two attached hydrogens (primary N) is 1. The first kappa shape index (κ1) is 15.0. The molecule has 0 radical (unpaired) electrons. The lowest BCUT2D eigenvalue weighted by Gasteiger charge is -2.21. The van der Waals surface area contributed by atoms with E-state index in [-0.39, 0.29) is 11.6 Å². The van der Waals surface area contributed by atoms with Crippen molar-refractivity contribution in [3.63, 3.8) is 0 Å². The van der Waals surface area contributed by atoms with Gasteiger partial charge in [0.15, 0.2) is 0 Å². The zero-order valence-electron chi connectivity index (χ0n) is 10.3. The van der Waals surface area contributed by atoms with Crippen LogP contribution in [0.15, 0.2) is 22.7 Å². The monoisotopic (exact) mass is 333 g/mol. The SMILES string of the molecule is CN(CCS(C)(=O)=O)c1ccc(Br)cc1C(=N)N. The van der Waals surface area contributed by atoms with E-state index in [0.717, 1.165) is 10.2 Å². The van der Waals surface area contributed by atoms with E-state index in [9.17, 15) is 8.42 Å². The van der Waals surface area contributed by atoms with Crippen molar-refractivity contribution in [3.8, 4) is 0 Å². The molecule has 18 heavy (non-hydrogen) atoms. The molecule has 1 aromatic carbocycles. The number of benzene rings is 1. The van der Waals surface area contributed by atoms with Gasteiger partial charge in [0.2, 0.25) is 0 Å². The van der Waals surface area contributed by atoms with Crippen LogP contribution in [0, 0.1) is 5.41 Å². The standard InChI is InChI=1S/C11H16BrN3O2S/c1-15(5-6-18(2,16)17)10-4-3-8(12)7-9(10)11(13)14/h3-4,7H,5-6H2,1-2H3,(H3,13,14). The Hall–Kier alpha value is -1.08. The highest BCUT2D eigenvalue weighted by Crippen LogP contribution is 2.23. The summed E-state index contributed by atoms with van der Waals surface area (Å²) < 4.78 is 23.1. The van der Waals surface area contributed by atoms with E-state index in [1.165, 1.54) is 6.26 Å². The van der Waals surface area contributed by atoms with Crippen molar-refractivity contribution >= 4 is 37.3 Å². The summed E-state index contributed by atoms with van der Waals surface area (Å²) in [6, 6.07) is 5.39. The minimum absolute atomic E-state index is 0.0440. The lowest BCUT2D eigenvalue weighted by molar-refractivity contribution is 0.601. The number of amidine groups is 1. The highest BCUT2D eigenvalue weighted by Gasteiger charge is 2.12. The molecule has 0 fully saturated rings. The van der Waals surface area contributed by atoms with Gasteiger partial charge in [0, 0.05) is 35.6 Å². The van der Waals surface area contributed by atoms with Crippen LogP contribution in [0.4, 0.5) is 5.69 Å². The number of hydrogen-bond donors (Lipinski definition) is 2. The van der Waals surface area contributed by atoms with Gasteiger partial charge in [-0.1, -0.05) is 15.9 Å². The summed E-state index contributed by atoms with van der Waals surface area (Å²) in [5.74, 6) is 0.0224. The molecule has 0 saturated heterocycles. The third kappa shape index (κ3) is 4.30. The van der Waals surface area contributed by atoms with E-state index < -0.39 is 9.84 Å². The smallest absolute Gasteiger partial charge is 0.149 e. The van der Waals surface area contributed by atoms with E-state index in [0.29, 0.717) is 12.1 Å². The third-order valence-corrected chi connectivity index (χ3v) is 3.87. The molecule has 0 bridgehead atoms. The molecule has 7 heteroatoms. The summed E-state index contributed by atoms with van der Waals surface area (Å²) in [7, 11) is -1.23. The first-order valence-electron chi connectivity index (χ1n) is 5.23. The van der Waals surface area contributed by atoms with Crippen molar-refractivity contribution in [1.82, 2.24) is 0 Å². The number of rotatable bonds is 5. The molecule has 0 aliphatic carbocycles. The summed E-state index contributed by atoms with van der Waals surface area (Å²) in [4.78, 5) is 1.78. The van der Waals surface area contributed by atoms with Crippen LogP contribution < -0.4 is 10.6 Å². The predicted molar refractivity (Wildman–Crippen MR) is 78.1 cm³/mol. The lowest BCUT2D eigenvalue weighted by Crippen LogP contribution is -2.27. The fraction of sp³-hybridized carbons (Fsp3) is 0.364. The largest absolute Gasteiger partial charge is 0.384 e. The van der Waals surface area contributed by atoms with Gasteiger partial charge in [-0.3, -0.25) is 5.41 Å². The quantitative estimate of drug-likeness (QED) is 0.626. The molecule has 0 heterocycles. The molecule has 0 amide bonds. The molecule has 0 aromatic heterocycles. The van der Waals surface area contributed by atoms with E-state index in [2.05, 4.69) is 15.9 Å². The van der Waals surface area contributed by atoms with E-state index in [1.54, 1.807) is 18.0 Å². The summed E-state index contributed by atoms with van der Waals surface area (Å²) >= 11 is 3.32. The second kappa shape index (κ2) is 5.71. The fourth-order valence-corrected chi connectivity index (χ4v) is 2.45. The van der Waals surface area contributed by atoms with Crippen molar-refractivity contribution in [1.29, 1.82) is 5.41 Å². The normalized spacial score (nSPS) is 11.3. The molecular formula is C11H16BrN3O2S. The zero-order chi connectivity index (χ0) is 13.9. The van der Waals surface area contributed by atoms with Crippen molar-refractivity contribution in [2.45, 2.75) is 0 Å². The maximum absolute atomic E-state index is 11.1. The average Bonchev–Trinajstić information content (AvgIpc) is 2.24. The van der Waals surface area contributed by atoms with Crippen LogP contribution in [0.5, 0.6) is 0 Å². The molecule has 100 valence electrons. The Morgan fingerprint density at radius 1 is 1.50 bits per heavy atom. The summed E-state index contributed by atoms with van der Waals surface area (Å²) in [5, 5.41) is 7.53. The molecule has 0 aliphatic rings. The summed E-state index contributed by atoms with van der Waals surface area (Å²) in [5.41, 5.74) is 6.85. The molecule has 1 aromatic rings. The van der Waals surface area contributed by atoms with Crippen LogP contribution in [0.1, 0.15) is 5.56 Å². The van der Waals surface area contributed by atoms with Gasteiger partial charge in [-0.05, 0) is 18.2 Å². The first-order valence-corrected chi connectivity index (χ1v) is 8.09. The predicted octanol–water partition coefficient (Wildman–Crippen LogP) is 1.21. The van der Waals surface area contributed by atoms with Gasteiger partial charge in [0.05, 0.1) is 5.75 Å². The minimum atomic E-state index is -3.00. The fourth-order valence-electron chi connectivity index (χ4n) is 1.48. The van der Waals surface area contributed by atoms with Gasteiger partial charge in [-0.15, -0.1) is 0 Å². The zero-order valence-corrected chi connectivity index (χ0v) is 12.7. The van der Waals surface area contributed by atoms with Gasteiger partial charge >= 0.3 is 0 Å². The Bertz CT molecular complexity index is 557. The van der Waals surface area contributed by atoms with Crippen LogP contribution in [0.25, 0.3) is 0 Å². The van der Waals surface area contributed by atoms with Gasteiger partial charge in [-0.2, -0.15) is 0 Å². The maximum atomic E-state index is 11.1. The number of nitrogen functional groups attached to an aromatic ring is 1. The Morgan fingerprint density at radius 2 is 2.11 bits per heavy atom. The Kier molecular flexibility index (Phi) is 4.75. The van der Waals surface area contributed by atoms with Gasteiger partial charge < -0.3 is 10.6 Å². The molecule has 0 aliphatic heterocycles. The molecular weight excluding hydrogens is 318 g/mol. The average molecular weight is 334 g/mol. The van der Waals surface area contributed by atoms with Crippen molar-refractivity contribution < 1.29 is 8.42 Å². The third-order valence-electron chi connectivity index (χ3n) is 2.46. The second-order valence-electron chi connectivity index (χ2n) is 4.13. The van der Waals surface area contributed by atoms with Gasteiger partial charge in [-0.25, -0.2) is 8.42 Å². The summed E-state index contributed by atoms with van der Waals surface area (Å²) in [6.07, 6.45) is 1.20. The molecule has 3 N–H and O–H groups in total. The number of nitrogens with zero attached hydrogens (tertiary/aromatic N) is 1. The van der Waals surface area contributed by atoms with E-state index >= 15 is 0 Å². The lowest BCUT2D eigenvalue weighted by atomic mass is 10.1. The van der Waals surface area contributed by atoms with Crippen LogP contribution >= 0.6 is 15.9 Å². The van der Waals surface area contributed by atoms with Crippen molar-refractivity contribution in [3.05, 3.63) is 28.2 Å². The molecule has 0 saturated carbocycles. The number of nitrogens with one attached hydrogen (secondary N) is 1. The number of anilines is 1. The number of hydrogen-bond acceptors (Lipinski definition) is 4. The Balaban J connectivity index is 2.98. The van der Waals surface area contributed by atoms with E-state index in [4.69, 9.17) is 11.1 Å². The van der Waals surface area contributed by atoms with Crippen LogP contribution in [-0.4, -0.2) is 39.9 Å². The summed E-state index contributed by atoms with van der Waals surface area (Å²) in [6.45, 7) is 0.362. The number of halogens is 1. The molecule has 0 spiro atoms. The van der Waals surface area contributed by atoms with Gasteiger partial charge in [0.25, 0.3) is 0 Å². The van der Waals surface area contributed by atoms with Crippen LogP contribution in [0.3, 0.4) is 0 Å². The second-order valence-corrected chi connectivity index (χ2v) is 7.30. The molecule has 1 rings (SSSR count). The Labute approximate surface area is 116 Å². The topological polar surface area (TPSA) is 87.2 Å². The highest BCUT2D eigenvalue weighted by atomic mass is 79.9.